The van der Waals surface area contributed by atoms with Crippen molar-refractivity contribution in [3.05, 3.63) is 155 Å². The summed E-state index contributed by atoms with van der Waals surface area (Å²) >= 11 is 0. The van der Waals surface area contributed by atoms with Gasteiger partial charge in [0.1, 0.15) is 26.4 Å². The number of unbranched alkanes of at least 4 members (excludes halogenated alkanes) is 4. The summed E-state index contributed by atoms with van der Waals surface area (Å²) in [7, 11) is 0. The molecule has 3 saturated heterocycles. The predicted octanol–water partition coefficient (Wildman–Crippen LogP) is 9.15. The standard InChI is InChI=1S/C64H94N8O4.Mn/c1-5-9-41-73-45-37-69-33-17-13-21-57(69)61-49-25-27-51(65-49)62(58-22-14-18-34-70(58)38-46-74-42-10-6-2)53-29-31-55(67-53)64(60-24-16-20-36-72(60)40-48-76-44-12-8-4)56-32-30-54(68-56)63(52-28-26-50(61)66-52)59-23-15-19-35-71(59)39-47-75-43-11-7-3;/h13-25,27,30,32-36,49-56,61-65,68H,5-12,26,28-29,31,37-48H2,1-4H3;/q+2;+3. The van der Waals surface area contributed by atoms with Crippen LogP contribution in [0, 0.1) is 0 Å². The molecule has 12 unspecified atom stereocenters. The molecule has 5 aliphatic heterocycles. The molecule has 4 aromatic rings. The van der Waals surface area contributed by atoms with Crippen LogP contribution < -0.4 is 28.9 Å². The van der Waals surface area contributed by atoms with Crippen LogP contribution >= 0.6 is 0 Å². The molecule has 0 spiro atoms. The van der Waals surface area contributed by atoms with Gasteiger partial charge in [-0.15, -0.1) is 24.2 Å². The zero-order valence-corrected chi connectivity index (χ0v) is 48.3. The molecule has 9 heterocycles. The normalized spacial score (nSPS) is 27.6. The average molecular weight is 1090 g/mol. The minimum absolute atomic E-state index is 0. The maximum Gasteiger partial charge on any atom is 3.00 e. The number of ether oxygens (including phenoxy) is 4. The van der Waals surface area contributed by atoms with E-state index in [1.807, 2.05) is 0 Å². The topological polar surface area (TPSA) is 105 Å². The van der Waals surface area contributed by atoms with E-state index in [0.717, 1.165) is 130 Å². The van der Waals surface area contributed by atoms with E-state index in [2.05, 4.69) is 178 Å². The molecule has 416 valence electrons. The third-order valence-corrected chi connectivity index (χ3v) is 17.1. The second-order valence-corrected chi connectivity index (χ2v) is 22.2. The number of pyridine rings is 4. The van der Waals surface area contributed by atoms with E-state index < -0.39 is 0 Å². The third kappa shape index (κ3) is 15.4. The Balaban J connectivity index is 0.00000784. The minimum Gasteiger partial charge on any atom is -0.655 e. The van der Waals surface area contributed by atoms with Crippen molar-refractivity contribution >= 4 is 0 Å². The summed E-state index contributed by atoms with van der Waals surface area (Å²) < 4.78 is 34.9. The van der Waals surface area contributed by atoms with Crippen LogP contribution in [0.1, 0.15) is 151 Å². The first-order chi connectivity index (χ1) is 37.6. The molecule has 8 bridgehead atoms. The quantitative estimate of drug-likeness (QED) is 0.0255. The number of hydrogen-bond acceptors (Lipinski definition) is 6. The van der Waals surface area contributed by atoms with E-state index >= 15 is 0 Å². The van der Waals surface area contributed by atoms with Gasteiger partial charge in [0.2, 0.25) is 0 Å². The van der Waals surface area contributed by atoms with Gasteiger partial charge in [-0.3, -0.25) is 0 Å². The Morgan fingerprint density at radius 2 is 0.623 bits per heavy atom. The fourth-order valence-corrected chi connectivity index (χ4v) is 13.1. The van der Waals surface area contributed by atoms with Gasteiger partial charge in [0.25, 0.3) is 0 Å². The third-order valence-electron chi connectivity index (χ3n) is 17.1. The maximum atomic E-state index is 6.25. The van der Waals surface area contributed by atoms with Gasteiger partial charge >= 0.3 is 17.1 Å². The molecule has 0 aromatic carbocycles. The zero-order chi connectivity index (χ0) is 52.3. The van der Waals surface area contributed by atoms with Crippen LogP contribution in [0.3, 0.4) is 0 Å². The van der Waals surface area contributed by atoms with E-state index in [4.69, 9.17) is 29.6 Å². The summed E-state index contributed by atoms with van der Waals surface area (Å²) in [5, 5.41) is 21.0. The van der Waals surface area contributed by atoms with Crippen molar-refractivity contribution in [2.75, 3.05) is 52.9 Å². The Labute approximate surface area is 473 Å². The molecule has 4 aromatic heterocycles. The molecule has 0 saturated carbocycles. The van der Waals surface area contributed by atoms with Crippen LogP contribution in [-0.4, -0.2) is 101 Å². The Morgan fingerprint density at radius 3 is 0.857 bits per heavy atom. The average Bonchev–Trinajstić information content (AvgIpc) is 4.33. The first-order valence-electron chi connectivity index (χ1n) is 30.1. The Morgan fingerprint density at radius 1 is 0.377 bits per heavy atom. The molecular formula is C64H94MnN8O4+5. The van der Waals surface area contributed by atoms with E-state index in [9.17, 15) is 0 Å². The van der Waals surface area contributed by atoms with E-state index in [0.29, 0.717) is 26.4 Å². The van der Waals surface area contributed by atoms with Crippen molar-refractivity contribution in [2.24, 2.45) is 0 Å². The largest absolute Gasteiger partial charge is 3.00 e. The SMILES string of the molecule is CCCCOCC[n+]1ccccc1C1C2CCC([N-]2)C(c2cccc[n+]2CCOCCCC)C2C=CC(N2)C(c2cccc[n+]2CCOCCCC)C2CCC([N-]2)C(c2cccc[n+]2CCOCCCC)C2C=CC1N2.[Mn+3]. The predicted molar refractivity (Wildman–Crippen MR) is 300 cm³/mol. The Hall–Kier alpha value is -3.72. The van der Waals surface area contributed by atoms with Crippen molar-refractivity contribution in [3.63, 3.8) is 0 Å². The molecule has 12 nitrogen and oxygen atoms in total. The van der Waals surface area contributed by atoms with Gasteiger partial charge < -0.3 is 40.2 Å². The van der Waals surface area contributed by atoms with Crippen molar-refractivity contribution in [2.45, 2.75) is 203 Å². The molecular weight excluding hydrogens is 1000 g/mol. The molecule has 5 aliphatic rings. The summed E-state index contributed by atoms with van der Waals surface area (Å²) in [6, 6.07) is 27.9. The van der Waals surface area contributed by atoms with Crippen molar-refractivity contribution < 1.29 is 54.3 Å². The van der Waals surface area contributed by atoms with Crippen LogP contribution in [0.25, 0.3) is 10.6 Å². The van der Waals surface area contributed by atoms with Crippen molar-refractivity contribution in [1.82, 2.24) is 10.6 Å². The number of rotatable bonds is 28. The first kappa shape index (κ1) is 59.4. The summed E-state index contributed by atoms with van der Waals surface area (Å²) in [4.78, 5) is 0. The van der Waals surface area contributed by atoms with Crippen LogP contribution in [-0.2, 0) is 62.2 Å². The maximum absolute atomic E-state index is 6.25. The van der Waals surface area contributed by atoms with Crippen LogP contribution in [0.4, 0.5) is 0 Å². The summed E-state index contributed by atoms with van der Waals surface area (Å²) in [5.41, 5.74) is 5.30. The molecule has 3 fully saturated rings. The van der Waals surface area contributed by atoms with E-state index in [1.54, 1.807) is 0 Å². The summed E-state index contributed by atoms with van der Waals surface area (Å²) in [5.74, 6) is 0.441. The molecule has 0 radical (unpaired) electrons. The second-order valence-electron chi connectivity index (χ2n) is 22.2. The summed E-state index contributed by atoms with van der Waals surface area (Å²) in [6.07, 6.45) is 32.1. The smallest absolute Gasteiger partial charge is 0.655 e. The second kappa shape index (κ2) is 31.3. The van der Waals surface area contributed by atoms with Crippen molar-refractivity contribution in [1.29, 1.82) is 0 Å². The van der Waals surface area contributed by atoms with Crippen LogP contribution in [0.5, 0.6) is 0 Å². The molecule has 9 rings (SSSR count). The van der Waals surface area contributed by atoms with Gasteiger partial charge in [0.15, 0.2) is 73.7 Å². The summed E-state index contributed by atoms with van der Waals surface area (Å²) in [6.45, 7) is 18.1. The number of nitrogens with one attached hydrogen (secondary N) is 2. The Kier molecular flexibility index (Phi) is 24.2. The van der Waals surface area contributed by atoms with Gasteiger partial charge in [0, 0.05) is 123 Å². The molecule has 13 heteroatoms. The zero-order valence-electron chi connectivity index (χ0n) is 47.1. The van der Waals surface area contributed by atoms with Gasteiger partial charge in [0.05, 0.1) is 0 Å². The van der Waals surface area contributed by atoms with Gasteiger partial charge in [-0.1, -0.05) is 128 Å². The fraction of sp³-hybridized carbons (Fsp3) is 0.625. The van der Waals surface area contributed by atoms with Crippen molar-refractivity contribution in [3.8, 4) is 0 Å². The molecule has 0 amide bonds. The number of aromatic nitrogens is 4. The van der Waals surface area contributed by atoms with Gasteiger partial charge in [-0.2, -0.15) is 18.3 Å². The number of nitrogens with zero attached hydrogens (tertiary/aromatic N) is 6. The van der Waals surface area contributed by atoms with Crippen LogP contribution in [0.2, 0.25) is 0 Å². The minimum atomic E-state index is 0. The number of hydrogen-bond donors (Lipinski definition) is 2. The van der Waals surface area contributed by atoms with E-state index in [1.165, 1.54) is 22.8 Å². The Bertz CT molecular complexity index is 2100. The fourth-order valence-electron chi connectivity index (χ4n) is 13.1. The van der Waals surface area contributed by atoms with Gasteiger partial charge in [-0.05, 0) is 25.7 Å². The molecule has 2 N–H and O–H groups in total. The molecule has 77 heavy (non-hydrogen) atoms. The first-order valence-corrected chi connectivity index (χ1v) is 30.1. The number of fused-ring (bicyclic) bond motifs is 8. The van der Waals surface area contributed by atoms with Gasteiger partial charge in [-0.25, -0.2) is 0 Å². The van der Waals surface area contributed by atoms with Crippen LogP contribution in [0.15, 0.2) is 122 Å². The monoisotopic (exact) mass is 1090 g/mol. The molecule has 0 aliphatic carbocycles. The molecule has 12 atom stereocenters. The van der Waals surface area contributed by atoms with E-state index in [-0.39, 0.29) is 89.1 Å².